The molecular formula is C27H38Cl2N2O3. The summed E-state index contributed by atoms with van der Waals surface area (Å²) in [6.07, 6.45) is 16.7. The van der Waals surface area contributed by atoms with Crippen molar-refractivity contribution in [3.05, 3.63) is 59.8 Å². The summed E-state index contributed by atoms with van der Waals surface area (Å²) in [4.78, 5) is 13.6. The lowest BCUT2D eigenvalue weighted by atomic mass is 9.73. The molecule has 3 aliphatic rings. The van der Waals surface area contributed by atoms with Gasteiger partial charge in [-0.25, -0.2) is 0 Å². The Labute approximate surface area is 216 Å². The number of carbonyl (C=O) groups is 1. The fourth-order valence-corrected chi connectivity index (χ4v) is 5.47. The number of aldehydes is 1. The SMILES string of the molecule is COc1ccc(CN2CCC(CCC=O)C(C3=CC4C=CNCCC4C=C3)C2)cc1OC.Cl.Cl. The van der Waals surface area contributed by atoms with Gasteiger partial charge in [0.2, 0.25) is 0 Å². The van der Waals surface area contributed by atoms with E-state index >= 15 is 0 Å². The number of nitrogens with zero attached hydrogens (tertiary/aromatic N) is 1. The molecule has 0 aromatic heterocycles. The van der Waals surface area contributed by atoms with Crippen LogP contribution >= 0.6 is 24.8 Å². The number of fused-ring (bicyclic) bond motifs is 1. The van der Waals surface area contributed by atoms with Gasteiger partial charge in [-0.1, -0.05) is 30.4 Å². The van der Waals surface area contributed by atoms with Crippen LogP contribution in [0.25, 0.3) is 0 Å². The minimum absolute atomic E-state index is 0. The van der Waals surface area contributed by atoms with Crippen LogP contribution in [-0.2, 0) is 11.3 Å². The molecule has 2 aliphatic heterocycles. The van der Waals surface area contributed by atoms with Gasteiger partial charge in [-0.3, -0.25) is 4.90 Å². The number of ether oxygens (including phenoxy) is 2. The molecule has 0 bridgehead atoms. The Bertz CT molecular complexity index is 887. The summed E-state index contributed by atoms with van der Waals surface area (Å²) in [6.45, 7) is 4.01. The van der Waals surface area contributed by atoms with Gasteiger partial charge < -0.3 is 19.6 Å². The quantitative estimate of drug-likeness (QED) is 0.489. The first kappa shape index (κ1) is 28.3. The van der Waals surface area contributed by atoms with Crippen molar-refractivity contribution in [2.24, 2.45) is 23.7 Å². The van der Waals surface area contributed by atoms with Gasteiger partial charge in [0.1, 0.15) is 6.29 Å². The highest BCUT2D eigenvalue weighted by Crippen LogP contribution is 2.38. The van der Waals surface area contributed by atoms with Gasteiger partial charge in [0.15, 0.2) is 11.5 Å². The number of hydrogen-bond donors (Lipinski definition) is 1. The van der Waals surface area contributed by atoms with E-state index in [1.54, 1.807) is 14.2 Å². The molecule has 7 heteroatoms. The van der Waals surface area contributed by atoms with Crippen molar-refractivity contribution in [1.82, 2.24) is 10.2 Å². The fraction of sp³-hybridized carbons (Fsp3) is 0.519. The second-order valence-electron chi connectivity index (χ2n) is 9.19. The highest BCUT2D eigenvalue weighted by atomic mass is 35.5. The molecule has 1 aromatic rings. The number of methoxy groups -OCH3 is 2. The van der Waals surface area contributed by atoms with Gasteiger partial charge in [0.25, 0.3) is 0 Å². The van der Waals surface area contributed by atoms with Crippen LogP contribution in [0.3, 0.4) is 0 Å². The lowest BCUT2D eigenvalue weighted by Crippen LogP contribution is -2.41. The molecule has 1 aromatic carbocycles. The topological polar surface area (TPSA) is 50.8 Å². The predicted octanol–water partition coefficient (Wildman–Crippen LogP) is 5.20. The molecule has 4 atom stereocenters. The van der Waals surface area contributed by atoms with Gasteiger partial charge in [-0.15, -0.1) is 24.8 Å². The van der Waals surface area contributed by atoms with E-state index in [9.17, 15) is 4.79 Å². The van der Waals surface area contributed by atoms with E-state index in [1.165, 1.54) is 17.6 Å². The maximum Gasteiger partial charge on any atom is 0.161 e. The highest BCUT2D eigenvalue weighted by Gasteiger charge is 2.33. The minimum atomic E-state index is 0. The normalized spacial score (nSPS) is 26.0. The van der Waals surface area contributed by atoms with Crippen molar-refractivity contribution in [3.8, 4) is 11.5 Å². The number of piperidine rings is 1. The lowest BCUT2D eigenvalue weighted by molar-refractivity contribution is -0.108. The molecule has 1 fully saturated rings. The molecule has 0 radical (unpaired) electrons. The second-order valence-corrected chi connectivity index (χ2v) is 9.19. The van der Waals surface area contributed by atoms with Crippen LogP contribution < -0.4 is 14.8 Å². The molecule has 34 heavy (non-hydrogen) atoms. The molecule has 0 saturated carbocycles. The number of rotatable bonds is 8. The molecule has 4 unspecified atom stereocenters. The second kappa shape index (κ2) is 13.8. The Morgan fingerprint density at radius 1 is 1.12 bits per heavy atom. The largest absolute Gasteiger partial charge is 0.493 e. The number of allylic oxidation sites excluding steroid dienone is 4. The van der Waals surface area contributed by atoms with Gasteiger partial charge in [-0.05, 0) is 73.0 Å². The third-order valence-electron chi connectivity index (χ3n) is 7.25. The van der Waals surface area contributed by atoms with Crippen molar-refractivity contribution in [2.45, 2.75) is 32.2 Å². The number of halogens is 2. The third kappa shape index (κ3) is 6.80. The summed E-state index contributed by atoms with van der Waals surface area (Å²) in [5.41, 5.74) is 2.68. The number of hydrogen-bond acceptors (Lipinski definition) is 5. The molecule has 1 aliphatic carbocycles. The number of likely N-dealkylation sites (tertiary alicyclic amines) is 1. The minimum Gasteiger partial charge on any atom is -0.493 e. The summed E-state index contributed by atoms with van der Waals surface area (Å²) in [5.74, 6) is 3.62. The van der Waals surface area contributed by atoms with Crippen LogP contribution in [-0.4, -0.2) is 45.0 Å². The van der Waals surface area contributed by atoms with Crippen LogP contribution in [0.2, 0.25) is 0 Å². The molecule has 0 amide bonds. The van der Waals surface area contributed by atoms with Gasteiger partial charge in [0, 0.05) is 32.0 Å². The number of carbonyl (C=O) groups excluding carboxylic acids is 1. The first-order chi connectivity index (χ1) is 15.7. The fourth-order valence-electron chi connectivity index (χ4n) is 5.47. The Morgan fingerprint density at radius 2 is 1.94 bits per heavy atom. The van der Waals surface area contributed by atoms with Crippen molar-refractivity contribution < 1.29 is 14.3 Å². The molecule has 2 heterocycles. The summed E-state index contributed by atoms with van der Waals surface area (Å²) >= 11 is 0. The molecule has 1 N–H and O–H groups in total. The first-order valence-corrected chi connectivity index (χ1v) is 11.9. The maximum atomic E-state index is 11.1. The molecule has 0 spiro atoms. The Kier molecular flexibility index (Phi) is 11.5. The van der Waals surface area contributed by atoms with Crippen molar-refractivity contribution >= 4 is 31.1 Å². The molecule has 5 nitrogen and oxygen atoms in total. The van der Waals surface area contributed by atoms with Crippen LogP contribution in [0.4, 0.5) is 0 Å². The average molecular weight is 510 g/mol. The van der Waals surface area contributed by atoms with Gasteiger partial charge in [0.05, 0.1) is 14.2 Å². The number of benzene rings is 1. The third-order valence-corrected chi connectivity index (χ3v) is 7.25. The van der Waals surface area contributed by atoms with Crippen molar-refractivity contribution in [2.75, 3.05) is 33.9 Å². The lowest BCUT2D eigenvalue weighted by Gasteiger charge is -2.40. The zero-order valence-corrected chi connectivity index (χ0v) is 21.8. The monoisotopic (exact) mass is 508 g/mol. The maximum absolute atomic E-state index is 11.1. The predicted molar refractivity (Wildman–Crippen MR) is 142 cm³/mol. The van der Waals surface area contributed by atoms with Crippen LogP contribution in [0.1, 0.15) is 31.2 Å². The van der Waals surface area contributed by atoms with Gasteiger partial charge in [-0.2, -0.15) is 0 Å². The Morgan fingerprint density at radius 3 is 2.71 bits per heavy atom. The van der Waals surface area contributed by atoms with E-state index in [2.05, 4.69) is 52.9 Å². The van der Waals surface area contributed by atoms with E-state index in [4.69, 9.17) is 9.47 Å². The Balaban J connectivity index is 0.00000204. The van der Waals surface area contributed by atoms with Crippen LogP contribution in [0, 0.1) is 23.7 Å². The smallest absolute Gasteiger partial charge is 0.161 e. The van der Waals surface area contributed by atoms with Gasteiger partial charge >= 0.3 is 0 Å². The zero-order chi connectivity index (χ0) is 22.3. The standard InChI is InChI=1S/C27H36N2O3.2ClH/c1-31-26-8-5-20(16-27(26)32-2)18-29-14-11-22(4-3-15-30)25(19-29)24-7-6-21-9-12-28-13-10-23(21)17-24;;/h5-8,10,13,15-17,21-23,25,28H,3-4,9,11-12,14,18-19H2,1-2H3;2*1H. The van der Waals surface area contributed by atoms with E-state index in [0.29, 0.717) is 30.1 Å². The zero-order valence-electron chi connectivity index (χ0n) is 20.2. The summed E-state index contributed by atoms with van der Waals surface area (Å²) in [5, 5.41) is 3.38. The van der Waals surface area contributed by atoms with Crippen molar-refractivity contribution in [1.29, 1.82) is 0 Å². The highest BCUT2D eigenvalue weighted by molar-refractivity contribution is 5.85. The summed E-state index contributed by atoms with van der Waals surface area (Å²) in [7, 11) is 3.35. The van der Waals surface area contributed by atoms with E-state index < -0.39 is 0 Å². The molecule has 1 saturated heterocycles. The molecular weight excluding hydrogens is 471 g/mol. The summed E-state index contributed by atoms with van der Waals surface area (Å²) in [6, 6.07) is 6.20. The first-order valence-electron chi connectivity index (χ1n) is 11.9. The number of nitrogens with one attached hydrogen (secondary N) is 1. The average Bonchev–Trinajstić information content (AvgIpc) is 3.08. The van der Waals surface area contributed by atoms with Crippen molar-refractivity contribution in [3.63, 3.8) is 0 Å². The van der Waals surface area contributed by atoms with E-state index in [1.807, 2.05) is 6.07 Å². The molecule has 4 rings (SSSR count). The van der Waals surface area contributed by atoms with E-state index in [0.717, 1.165) is 56.8 Å². The van der Waals surface area contributed by atoms with Crippen LogP contribution in [0.15, 0.2) is 54.3 Å². The van der Waals surface area contributed by atoms with E-state index in [-0.39, 0.29) is 24.8 Å². The Hall–Kier alpha value is -1.95. The van der Waals surface area contributed by atoms with Crippen LogP contribution in [0.5, 0.6) is 11.5 Å². The molecule has 188 valence electrons. The summed E-state index contributed by atoms with van der Waals surface area (Å²) < 4.78 is 10.9.